The first-order valence-corrected chi connectivity index (χ1v) is 10.3. The predicted octanol–water partition coefficient (Wildman–Crippen LogP) is 3.40. The number of ether oxygens (including phenoxy) is 1. The van der Waals surface area contributed by atoms with Crippen LogP contribution in [0.5, 0.6) is 0 Å². The van der Waals surface area contributed by atoms with Gasteiger partial charge in [0, 0.05) is 12.8 Å². The van der Waals surface area contributed by atoms with Gasteiger partial charge in [0.05, 0.1) is 17.3 Å². The van der Waals surface area contributed by atoms with Crippen molar-refractivity contribution >= 4 is 29.4 Å². The van der Waals surface area contributed by atoms with Crippen molar-refractivity contribution in [3.05, 3.63) is 65.7 Å². The van der Waals surface area contributed by atoms with E-state index in [9.17, 15) is 19.2 Å². The van der Waals surface area contributed by atoms with Gasteiger partial charge in [-0.1, -0.05) is 50.2 Å². The summed E-state index contributed by atoms with van der Waals surface area (Å²) < 4.78 is 5.16. The number of nitrogens with one attached hydrogen (secondary N) is 1. The number of rotatable bonds is 8. The van der Waals surface area contributed by atoms with Gasteiger partial charge in [-0.2, -0.15) is 0 Å². The van der Waals surface area contributed by atoms with Crippen molar-refractivity contribution in [2.75, 3.05) is 11.5 Å². The molecule has 162 valence electrons. The normalized spacial score (nSPS) is 14.6. The zero-order valence-electron chi connectivity index (χ0n) is 17.7. The second-order valence-corrected chi connectivity index (χ2v) is 7.91. The molecule has 1 aliphatic rings. The largest absolute Gasteiger partial charge is 0.452 e. The Balaban J connectivity index is 1.61. The Bertz CT molecular complexity index is 955. The second kappa shape index (κ2) is 10.0. The lowest BCUT2D eigenvalue weighted by atomic mass is 9.97. The molecule has 1 aliphatic heterocycles. The third-order valence-electron chi connectivity index (χ3n) is 4.97. The summed E-state index contributed by atoms with van der Waals surface area (Å²) in [5.74, 6) is -1.33. The molecular formula is C24H26N2O5. The fourth-order valence-electron chi connectivity index (χ4n) is 3.52. The zero-order valence-corrected chi connectivity index (χ0v) is 17.7. The first kappa shape index (κ1) is 22.2. The number of carbonyl (C=O) groups excluding carboxylic acids is 4. The van der Waals surface area contributed by atoms with Crippen LogP contribution in [0.4, 0.5) is 5.69 Å². The smallest absolute Gasteiger partial charge is 0.338 e. The fraction of sp³-hybridized carbons (Fsp3) is 0.333. The van der Waals surface area contributed by atoms with Gasteiger partial charge in [-0.3, -0.25) is 19.3 Å². The average Bonchev–Trinajstić information content (AvgIpc) is 3.10. The predicted molar refractivity (Wildman–Crippen MR) is 115 cm³/mol. The van der Waals surface area contributed by atoms with Gasteiger partial charge in [-0.25, -0.2) is 4.79 Å². The number of hydrogen-bond acceptors (Lipinski definition) is 5. The van der Waals surface area contributed by atoms with Gasteiger partial charge in [0.25, 0.3) is 5.91 Å². The maximum Gasteiger partial charge on any atom is 0.338 e. The summed E-state index contributed by atoms with van der Waals surface area (Å²) in [5, 5.41) is 2.93. The highest BCUT2D eigenvalue weighted by atomic mass is 16.5. The van der Waals surface area contributed by atoms with Crippen LogP contribution < -0.4 is 10.2 Å². The van der Waals surface area contributed by atoms with E-state index in [1.807, 2.05) is 30.3 Å². The van der Waals surface area contributed by atoms with Crippen molar-refractivity contribution in [2.24, 2.45) is 5.92 Å². The second-order valence-electron chi connectivity index (χ2n) is 7.91. The number of benzene rings is 2. The molecule has 0 saturated carbocycles. The molecule has 0 spiro atoms. The Morgan fingerprint density at radius 1 is 1.00 bits per heavy atom. The summed E-state index contributed by atoms with van der Waals surface area (Å²) in [6.45, 7) is 3.72. The highest BCUT2D eigenvalue weighted by Crippen LogP contribution is 2.24. The lowest BCUT2D eigenvalue weighted by Crippen LogP contribution is -2.33. The number of esters is 1. The summed E-state index contributed by atoms with van der Waals surface area (Å²) in [7, 11) is 0. The minimum Gasteiger partial charge on any atom is -0.452 e. The molecule has 1 atom stereocenters. The van der Waals surface area contributed by atoms with Crippen LogP contribution in [0.1, 0.15) is 55.1 Å². The molecule has 0 unspecified atom stereocenters. The summed E-state index contributed by atoms with van der Waals surface area (Å²) in [6.07, 6.45) is 1.07. The zero-order chi connectivity index (χ0) is 22.4. The highest BCUT2D eigenvalue weighted by Gasteiger charge is 2.30. The SMILES string of the molecule is CC(C)C[C@@H](NC(=O)COC(=O)c1cccc(N2C(=O)CCC2=O)c1)c1ccccc1. The molecule has 3 amide bonds. The maximum atomic E-state index is 12.4. The Morgan fingerprint density at radius 2 is 1.68 bits per heavy atom. The molecule has 3 rings (SSSR count). The van der Waals surface area contributed by atoms with Gasteiger partial charge in [0.2, 0.25) is 11.8 Å². The fourth-order valence-corrected chi connectivity index (χ4v) is 3.52. The van der Waals surface area contributed by atoms with Gasteiger partial charge < -0.3 is 10.1 Å². The van der Waals surface area contributed by atoms with Gasteiger partial charge in [0.15, 0.2) is 6.61 Å². The molecule has 0 aliphatic carbocycles. The highest BCUT2D eigenvalue weighted by molar-refractivity contribution is 6.20. The van der Waals surface area contributed by atoms with Crippen molar-refractivity contribution < 1.29 is 23.9 Å². The van der Waals surface area contributed by atoms with E-state index in [2.05, 4.69) is 19.2 Å². The Labute approximate surface area is 181 Å². The van der Waals surface area contributed by atoms with E-state index in [4.69, 9.17) is 4.74 Å². The average molecular weight is 422 g/mol. The number of amides is 3. The molecule has 1 fully saturated rings. The molecular weight excluding hydrogens is 396 g/mol. The summed E-state index contributed by atoms with van der Waals surface area (Å²) in [6, 6.07) is 15.6. The third kappa shape index (κ3) is 5.78. The van der Waals surface area contributed by atoms with Crippen molar-refractivity contribution in [1.82, 2.24) is 5.32 Å². The molecule has 0 bridgehead atoms. The van der Waals surface area contributed by atoms with E-state index in [0.29, 0.717) is 11.6 Å². The monoisotopic (exact) mass is 422 g/mol. The standard InChI is InChI=1S/C24H26N2O5/c1-16(2)13-20(17-7-4-3-5-8-17)25-21(27)15-31-24(30)18-9-6-10-19(14-18)26-22(28)11-12-23(26)29/h3-10,14,16,20H,11-13,15H2,1-2H3,(H,25,27)/t20-/m1/s1. The lowest BCUT2D eigenvalue weighted by molar-refractivity contribution is -0.125. The number of carbonyl (C=O) groups is 4. The third-order valence-corrected chi connectivity index (χ3v) is 4.97. The lowest BCUT2D eigenvalue weighted by Gasteiger charge is -2.21. The summed E-state index contributed by atoms with van der Waals surface area (Å²) >= 11 is 0. The van der Waals surface area contributed by atoms with E-state index in [1.54, 1.807) is 12.1 Å². The van der Waals surface area contributed by atoms with Crippen LogP contribution in [-0.4, -0.2) is 30.3 Å². The molecule has 2 aromatic carbocycles. The topological polar surface area (TPSA) is 92.8 Å². The molecule has 0 radical (unpaired) electrons. The van der Waals surface area contributed by atoms with E-state index in [1.165, 1.54) is 12.1 Å². The van der Waals surface area contributed by atoms with Gasteiger partial charge >= 0.3 is 5.97 Å². The van der Waals surface area contributed by atoms with Crippen molar-refractivity contribution in [2.45, 2.75) is 39.2 Å². The number of imide groups is 1. The van der Waals surface area contributed by atoms with Crippen LogP contribution in [0.25, 0.3) is 0 Å². The first-order valence-electron chi connectivity index (χ1n) is 10.3. The molecule has 7 nitrogen and oxygen atoms in total. The number of hydrogen-bond donors (Lipinski definition) is 1. The number of anilines is 1. The van der Waals surface area contributed by atoms with Crippen molar-refractivity contribution in [3.63, 3.8) is 0 Å². The Hall–Kier alpha value is -3.48. The molecule has 1 heterocycles. The van der Waals surface area contributed by atoms with Crippen molar-refractivity contribution in [3.8, 4) is 0 Å². The van der Waals surface area contributed by atoms with E-state index in [0.717, 1.165) is 16.9 Å². The minimum atomic E-state index is -0.698. The first-order chi connectivity index (χ1) is 14.8. The van der Waals surface area contributed by atoms with Gasteiger partial charge in [-0.15, -0.1) is 0 Å². The van der Waals surface area contributed by atoms with Crippen LogP contribution in [0, 0.1) is 5.92 Å². The number of nitrogens with zero attached hydrogens (tertiary/aromatic N) is 1. The van der Waals surface area contributed by atoms with Crippen LogP contribution in [-0.2, 0) is 19.1 Å². The van der Waals surface area contributed by atoms with E-state index in [-0.39, 0.29) is 36.3 Å². The molecule has 1 N–H and O–H groups in total. The van der Waals surface area contributed by atoms with Crippen molar-refractivity contribution in [1.29, 1.82) is 0 Å². The van der Waals surface area contributed by atoms with Crippen LogP contribution in [0.3, 0.4) is 0 Å². The molecule has 7 heteroatoms. The quantitative estimate of drug-likeness (QED) is 0.520. The summed E-state index contributed by atoms with van der Waals surface area (Å²) in [5.41, 5.74) is 1.48. The van der Waals surface area contributed by atoms with Gasteiger partial charge in [0.1, 0.15) is 0 Å². The molecule has 1 saturated heterocycles. The van der Waals surface area contributed by atoms with Gasteiger partial charge in [-0.05, 0) is 36.1 Å². The minimum absolute atomic E-state index is 0.159. The Morgan fingerprint density at radius 3 is 2.32 bits per heavy atom. The van der Waals surface area contributed by atoms with Crippen LogP contribution >= 0.6 is 0 Å². The molecule has 0 aromatic heterocycles. The maximum absolute atomic E-state index is 12.4. The van der Waals surface area contributed by atoms with Crippen LogP contribution in [0.2, 0.25) is 0 Å². The molecule has 31 heavy (non-hydrogen) atoms. The van der Waals surface area contributed by atoms with E-state index >= 15 is 0 Å². The Kier molecular flexibility index (Phi) is 7.18. The van der Waals surface area contributed by atoms with E-state index < -0.39 is 18.5 Å². The summed E-state index contributed by atoms with van der Waals surface area (Å²) in [4.78, 5) is 49.7. The van der Waals surface area contributed by atoms with Crippen LogP contribution in [0.15, 0.2) is 54.6 Å². The molecule has 2 aromatic rings.